The lowest BCUT2D eigenvalue weighted by Crippen LogP contribution is -2.47. The second-order valence-corrected chi connectivity index (χ2v) is 9.08. The van der Waals surface area contributed by atoms with Gasteiger partial charge >= 0.3 is 11.8 Å². The Balaban J connectivity index is 1.51. The predicted molar refractivity (Wildman–Crippen MR) is 127 cm³/mol. The quantitative estimate of drug-likeness (QED) is 0.546. The maximum absolute atomic E-state index is 14.9. The molecular formula is C25H27FN4O4. The summed E-state index contributed by atoms with van der Waals surface area (Å²) in [5.41, 5.74) is 2.21. The molecule has 0 saturated heterocycles. The van der Waals surface area contributed by atoms with Gasteiger partial charge in [0.25, 0.3) is 5.56 Å². The van der Waals surface area contributed by atoms with Crippen LogP contribution in [0.5, 0.6) is 0 Å². The van der Waals surface area contributed by atoms with Gasteiger partial charge in [0.15, 0.2) is 0 Å². The topological polar surface area (TPSA) is 94.4 Å². The van der Waals surface area contributed by atoms with Gasteiger partial charge in [0.1, 0.15) is 12.4 Å². The molecule has 0 atom stereocenters. The van der Waals surface area contributed by atoms with Crippen LogP contribution in [-0.2, 0) is 11.3 Å². The molecule has 3 aromatic rings. The number of hydrogen-bond donors (Lipinski definition) is 2. The third kappa shape index (κ3) is 4.55. The highest BCUT2D eigenvalue weighted by molar-refractivity contribution is 5.83. The monoisotopic (exact) mass is 466 g/mol. The predicted octanol–water partition coefficient (Wildman–Crippen LogP) is 4.12. The summed E-state index contributed by atoms with van der Waals surface area (Å²) in [4.78, 5) is 39.0. The molecule has 2 saturated carbocycles. The van der Waals surface area contributed by atoms with Crippen LogP contribution in [0.2, 0.25) is 0 Å². The lowest BCUT2D eigenvalue weighted by Gasteiger charge is -2.20. The molecule has 2 aliphatic rings. The van der Waals surface area contributed by atoms with Crippen molar-refractivity contribution in [1.29, 1.82) is 0 Å². The molecule has 2 aliphatic carbocycles. The fourth-order valence-corrected chi connectivity index (χ4v) is 4.52. The van der Waals surface area contributed by atoms with Crippen molar-refractivity contribution in [3.63, 3.8) is 0 Å². The number of carbonyl (C=O) groups excluding carboxylic acids is 1. The molecule has 1 heterocycles. The highest BCUT2D eigenvalue weighted by atomic mass is 19.1. The zero-order valence-corrected chi connectivity index (χ0v) is 18.8. The van der Waals surface area contributed by atoms with Crippen LogP contribution in [0.1, 0.15) is 50.1 Å². The summed E-state index contributed by atoms with van der Waals surface area (Å²) < 4.78 is 22.2. The molecule has 1 aromatic heterocycles. The van der Waals surface area contributed by atoms with Gasteiger partial charge in [0.2, 0.25) is 0 Å². The minimum absolute atomic E-state index is 0.0174. The second kappa shape index (κ2) is 9.32. The zero-order chi connectivity index (χ0) is 23.7. The van der Waals surface area contributed by atoms with E-state index in [1.54, 1.807) is 18.2 Å². The highest BCUT2D eigenvalue weighted by Crippen LogP contribution is 2.32. The number of nitrogens with one attached hydrogen (secondary N) is 2. The SMILES string of the molecule is O=C(Nn1c(=O)c2cc(F)c(NCC3CC3)cc2n(C2CCCC2)c1=O)OCc1ccccc1. The third-order valence-electron chi connectivity index (χ3n) is 6.56. The Morgan fingerprint density at radius 2 is 1.79 bits per heavy atom. The maximum Gasteiger partial charge on any atom is 0.427 e. The van der Waals surface area contributed by atoms with E-state index >= 15 is 0 Å². The molecular weight excluding hydrogens is 439 g/mol. The average molecular weight is 467 g/mol. The minimum Gasteiger partial charge on any atom is -0.443 e. The summed E-state index contributed by atoms with van der Waals surface area (Å²) in [6.45, 7) is 0.637. The highest BCUT2D eigenvalue weighted by Gasteiger charge is 2.26. The molecule has 0 radical (unpaired) electrons. The van der Waals surface area contributed by atoms with E-state index in [9.17, 15) is 18.8 Å². The fraction of sp³-hybridized carbons (Fsp3) is 0.400. The van der Waals surface area contributed by atoms with Crippen molar-refractivity contribution in [1.82, 2.24) is 9.24 Å². The van der Waals surface area contributed by atoms with E-state index in [0.29, 0.717) is 22.7 Å². The molecule has 5 rings (SSSR count). The van der Waals surface area contributed by atoms with Crippen LogP contribution in [0.4, 0.5) is 14.9 Å². The van der Waals surface area contributed by atoms with E-state index in [2.05, 4.69) is 10.7 Å². The number of nitrogens with zero attached hydrogens (tertiary/aromatic N) is 2. The van der Waals surface area contributed by atoms with Crippen LogP contribution in [0.25, 0.3) is 10.9 Å². The van der Waals surface area contributed by atoms with Crippen molar-refractivity contribution < 1.29 is 13.9 Å². The molecule has 0 spiro atoms. The van der Waals surface area contributed by atoms with E-state index in [0.717, 1.165) is 50.2 Å². The maximum atomic E-state index is 14.9. The number of amides is 1. The van der Waals surface area contributed by atoms with Crippen molar-refractivity contribution in [3.05, 3.63) is 74.7 Å². The van der Waals surface area contributed by atoms with Gasteiger partial charge in [-0.05, 0) is 49.3 Å². The van der Waals surface area contributed by atoms with Gasteiger partial charge in [0.05, 0.1) is 16.6 Å². The van der Waals surface area contributed by atoms with Crippen LogP contribution in [0.3, 0.4) is 0 Å². The van der Waals surface area contributed by atoms with Crippen molar-refractivity contribution in [2.45, 2.75) is 51.2 Å². The fourth-order valence-electron chi connectivity index (χ4n) is 4.52. The summed E-state index contributed by atoms with van der Waals surface area (Å²) in [5.74, 6) is -0.0358. The number of rotatable bonds is 7. The number of anilines is 1. The van der Waals surface area contributed by atoms with E-state index in [1.165, 1.54) is 4.57 Å². The summed E-state index contributed by atoms with van der Waals surface area (Å²) in [6, 6.07) is 11.6. The molecule has 0 aliphatic heterocycles. The third-order valence-corrected chi connectivity index (χ3v) is 6.56. The van der Waals surface area contributed by atoms with Crippen LogP contribution in [0, 0.1) is 11.7 Å². The average Bonchev–Trinajstić information content (AvgIpc) is 3.52. The van der Waals surface area contributed by atoms with Crippen molar-refractivity contribution >= 4 is 22.7 Å². The van der Waals surface area contributed by atoms with Gasteiger partial charge in [-0.1, -0.05) is 43.2 Å². The first kappa shape index (κ1) is 22.2. The summed E-state index contributed by atoms with van der Waals surface area (Å²) in [5, 5.41) is 3.15. The lowest BCUT2D eigenvalue weighted by molar-refractivity contribution is 0.151. The van der Waals surface area contributed by atoms with Crippen LogP contribution in [-0.4, -0.2) is 21.9 Å². The standard InChI is InChI=1S/C25H27FN4O4/c26-20-12-19-22(13-21(20)27-14-16-10-11-16)29(18-8-4-5-9-18)25(33)30(23(19)31)28-24(32)34-15-17-6-2-1-3-7-17/h1-3,6-7,12-13,16,18,27H,4-5,8-11,14-15H2,(H,28,32). The molecule has 178 valence electrons. The molecule has 34 heavy (non-hydrogen) atoms. The van der Waals surface area contributed by atoms with E-state index < -0.39 is 23.2 Å². The Kier molecular flexibility index (Phi) is 6.08. The molecule has 9 heteroatoms. The van der Waals surface area contributed by atoms with Gasteiger partial charge in [-0.15, -0.1) is 0 Å². The molecule has 2 fully saturated rings. The van der Waals surface area contributed by atoms with E-state index in [-0.39, 0.29) is 23.7 Å². The Morgan fingerprint density at radius 3 is 2.50 bits per heavy atom. The summed E-state index contributed by atoms with van der Waals surface area (Å²) >= 11 is 0. The molecule has 2 N–H and O–H groups in total. The van der Waals surface area contributed by atoms with E-state index in [1.807, 2.05) is 18.2 Å². The Morgan fingerprint density at radius 1 is 1.06 bits per heavy atom. The largest absolute Gasteiger partial charge is 0.443 e. The van der Waals surface area contributed by atoms with Gasteiger partial charge in [0, 0.05) is 12.6 Å². The number of halogens is 1. The number of hydrogen-bond acceptors (Lipinski definition) is 5. The molecule has 0 unspecified atom stereocenters. The van der Waals surface area contributed by atoms with Crippen molar-refractivity contribution in [2.24, 2.45) is 5.92 Å². The van der Waals surface area contributed by atoms with Gasteiger partial charge in [-0.25, -0.2) is 19.4 Å². The van der Waals surface area contributed by atoms with Crippen molar-refractivity contribution in [2.75, 3.05) is 17.3 Å². The molecule has 0 bridgehead atoms. The van der Waals surface area contributed by atoms with Gasteiger partial charge in [-0.3, -0.25) is 9.36 Å². The van der Waals surface area contributed by atoms with Crippen LogP contribution in [0.15, 0.2) is 52.1 Å². The Bertz CT molecular complexity index is 1320. The first-order chi connectivity index (χ1) is 16.5. The molecule has 2 aromatic carbocycles. The lowest BCUT2D eigenvalue weighted by atomic mass is 10.1. The Labute approximate surface area is 195 Å². The molecule has 8 nitrogen and oxygen atoms in total. The number of fused-ring (bicyclic) bond motifs is 1. The van der Waals surface area contributed by atoms with Crippen molar-refractivity contribution in [3.8, 4) is 0 Å². The smallest absolute Gasteiger partial charge is 0.427 e. The number of carbonyl (C=O) groups is 1. The Hall–Kier alpha value is -3.62. The second-order valence-electron chi connectivity index (χ2n) is 9.08. The summed E-state index contributed by atoms with van der Waals surface area (Å²) in [6.07, 6.45) is 4.75. The van der Waals surface area contributed by atoms with Crippen LogP contribution >= 0.6 is 0 Å². The number of benzene rings is 2. The minimum atomic E-state index is -0.941. The normalized spacial score (nSPS) is 16.0. The number of ether oxygens (including phenoxy) is 1. The van der Waals surface area contributed by atoms with Crippen LogP contribution < -0.4 is 22.0 Å². The molecule has 1 amide bonds. The summed E-state index contributed by atoms with van der Waals surface area (Å²) in [7, 11) is 0. The first-order valence-electron chi connectivity index (χ1n) is 11.7. The zero-order valence-electron chi connectivity index (χ0n) is 18.8. The van der Waals surface area contributed by atoms with Gasteiger partial charge in [-0.2, -0.15) is 4.68 Å². The van der Waals surface area contributed by atoms with E-state index in [4.69, 9.17) is 4.74 Å². The van der Waals surface area contributed by atoms with Gasteiger partial charge < -0.3 is 10.1 Å². The first-order valence-corrected chi connectivity index (χ1v) is 11.7. The number of aromatic nitrogens is 2.